The minimum Gasteiger partial charge on any atom is -0.497 e. The van der Waals surface area contributed by atoms with Crippen molar-refractivity contribution in [1.29, 1.82) is 0 Å². The first-order valence-electron chi connectivity index (χ1n) is 10.2. The molecule has 6 nitrogen and oxygen atoms in total. The lowest BCUT2D eigenvalue weighted by molar-refractivity contribution is 0.0782. The third kappa shape index (κ3) is 4.82. The van der Waals surface area contributed by atoms with E-state index in [1.54, 1.807) is 62.1 Å². The van der Waals surface area contributed by atoms with E-state index in [9.17, 15) is 14.7 Å². The number of amides is 2. The summed E-state index contributed by atoms with van der Waals surface area (Å²) in [5.41, 5.74) is 1.30. The predicted octanol–water partition coefficient (Wildman–Crippen LogP) is 4.07. The molecule has 1 heterocycles. The molecule has 0 saturated carbocycles. The first-order valence-corrected chi connectivity index (χ1v) is 10.2. The highest BCUT2D eigenvalue weighted by Crippen LogP contribution is 2.26. The number of Topliss-reactive ketones (excluding diaryl/α,β-unsaturated/α-hetero) is 1. The lowest BCUT2D eigenvalue weighted by Crippen LogP contribution is -2.46. The summed E-state index contributed by atoms with van der Waals surface area (Å²) >= 11 is 0. The van der Waals surface area contributed by atoms with Crippen molar-refractivity contribution < 1.29 is 19.4 Å². The van der Waals surface area contributed by atoms with Crippen molar-refractivity contribution in [2.24, 2.45) is 5.92 Å². The molecule has 3 rings (SSSR count). The Hall–Kier alpha value is -2.86. The van der Waals surface area contributed by atoms with Crippen LogP contribution in [0.1, 0.15) is 42.6 Å². The van der Waals surface area contributed by atoms with Gasteiger partial charge in [0.1, 0.15) is 5.75 Å². The summed E-state index contributed by atoms with van der Waals surface area (Å²) < 4.78 is 5.16. The molecule has 1 aliphatic heterocycles. The van der Waals surface area contributed by atoms with Crippen LogP contribution in [0.2, 0.25) is 0 Å². The number of benzene rings is 2. The maximum atomic E-state index is 12.9. The third-order valence-corrected chi connectivity index (χ3v) is 5.76. The Bertz CT molecular complexity index is 877. The van der Waals surface area contributed by atoms with Crippen LogP contribution < -0.4 is 9.64 Å². The third-order valence-electron chi connectivity index (χ3n) is 5.76. The molecular weight excluding hydrogens is 380 g/mol. The highest BCUT2D eigenvalue weighted by Gasteiger charge is 2.29. The molecule has 30 heavy (non-hydrogen) atoms. The van der Waals surface area contributed by atoms with E-state index in [0.717, 1.165) is 17.0 Å². The number of anilines is 1. The van der Waals surface area contributed by atoms with Crippen molar-refractivity contribution in [2.45, 2.75) is 32.3 Å². The van der Waals surface area contributed by atoms with Gasteiger partial charge in [0.2, 0.25) is 0 Å². The van der Waals surface area contributed by atoms with Gasteiger partial charge in [-0.1, -0.05) is 24.3 Å². The zero-order chi connectivity index (χ0) is 21.9. The van der Waals surface area contributed by atoms with Gasteiger partial charge >= 0.3 is 6.03 Å². The molecule has 0 bridgehead atoms. The molecule has 2 aromatic carbocycles. The van der Waals surface area contributed by atoms with Crippen LogP contribution in [0.3, 0.4) is 0 Å². The number of ketones is 1. The quantitative estimate of drug-likeness (QED) is 0.755. The average Bonchev–Trinajstić information content (AvgIpc) is 2.77. The van der Waals surface area contributed by atoms with Crippen molar-refractivity contribution >= 4 is 17.5 Å². The van der Waals surface area contributed by atoms with Crippen molar-refractivity contribution in [1.82, 2.24) is 4.90 Å². The SMILES string of the molecule is COc1ccc(N(C)C(=O)N2CCC(C(=O)c3ccc(C(C)(C)O)cc3)CC2)cc1. The standard InChI is InChI=1S/C24H30N2O4/c1-24(2,29)19-7-5-17(6-8-19)22(27)18-13-15-26(16-14-18)23(28)25(3)20-9-11-21(30-4)12-10-20/h5-12,18,29H,13-16H2,1-4H3. The van der Waals surface area contributed by atoms with Gasteiger partial charge in [0.25, 0.3) is 0 Å². The first kappa shape index (κ1) is 21.8. The summed E-state index contributed by atoms with van der Waals surface area (Å²) in [6.07, 6.45) is 1.29. The summed E-state index contributed by atoms with van der Waals surface area (Å²) in [5, 5.41) is 10.1. The number of likely N-dealkylation sites (tertiary alicyclic amines) is 1. The van der Waals surface area contributed by atoms with E-state index >= 15 is 0 Å². The number of piperidine rings is 1. The van der Waals surface area contributed by atoms with Crippen LogP contribution in [-0.2, 0) is 5.60 Å². The summed E-state index contributed by atoms with van der Waals surface area (Å²) in [5.74, 6) is 0.760. The lowest BCUT2D eigenvalue weighted by atomic mass is 9.88. The van der Waals surface area contributed by atoms with Gasteiger partial charge in [0, 0.05) is 37.3 Å². The van der Waals surface area contributed by atoms with Crippen molar-refractivity contribution in [3.8, 4) is 5.75 Å². The highest BCUT2D eigenvalue weighted by molar-refractivity contribution is 5.98. The molecule has 160 valence electrons. The zero-order valence-electron chi connectivity index (χ0n) is 18.1. The molecule has 1 N–H and O–H groups in total. The molecule has 0 aliphatic carbocycles. The van der Waals surface area contributed by atoms with E-state index in [-0.39, 0.29) is 17.7 Å². The summed E-state index contributed by atoms with van der Waals surface area (Å²) in [6.45, 7) is 4.55. The number of hydrogen-bond donors (Lipinski definition) is 1. The Balaban J connectivity index is 1.58. The summed E-state index contributed by atoms with van der Waals surface area (Å²) in [7, 11) is 3.36. The molecule has 0 spiro atoms. The smallest absolute Gasteiger partial charge is 0.324 e. The van der Waals surface area contributed by atoms with E-state index < -0.39 is 5.60 Å². The number of hydrogen-bond acceptors (Lipinski definition) is 4. The fraction of sp³-hybridized carbons (Fsp3) is 0.417. The van der Waals surface area contributed by atoms with E-state index in [4.69, 9.17) is 4.74 Å². The molecule has 2 aromatic rings. The van der Waals surface area contributed by atoms with E-state index in [2.05, 4.69) is 0 Å². The number of carbonyl (C=O) groups is 2. The van der Waals surface area contributed by atoms with Crippen LogP contribution in [0, 0.1) is 5.92 Å². The topological polar surface area (TPSA) is 70.1 Å². The Kier molecular flexibility index (Phi) is 6.46. The second kappa shape index (κ2) is 8.88. The number of nitrogens with zero attached hydrogens (tertiary/aromatic N) is 2. The van der Waals surface area contributed by atoms with Crippen LogP contribution in [0.5, 0.6) is 5.75 Å². The number of carbonyl (C=O) groups excluding carboxylic acids is 2. The fourth-order valence-corrected chi connectivity index (χ4v) is 3.74. The number of urea groups is 1. The van der Waals surface area contributed by atoms with Gasteiger partial charge in [0.05, 0.1) is 12.7 Å². The fourth-order valence-electron chi connectivity index (χ4n) is 3.74. The Morgan fingerprint density at radius 1 is 1.03 bits per heavy atom. The summed E-state index contributed by atoms with van der Waals surface area (Å²) in [4.78, 5) is 29.1. The highest BCUT2D eigenvalue weighted by atomic mass is 16.5. The van der Waals surface area contributed by atoms with Crippen LogP contribution >= 0.6 is 0 Å². The molecule has 0 radical (unpaired) electrons. The van der Waals surface area contributed by atoms with E-state index in [0.29, 0.717) is 31.5 Å². The lowest BCUT2D eigenvalue weighted by Gasteiger charge is -2.34. The molecule has 0 aromatic heterocycles. The normalized spacial score (nSPS) is 15.0. The second-order valence-corrected chi connectivity index (χ2v) is 8.30. The molecule has 0 unspecified atom stereocenters. The molecule has 6 heteroatoms. The van der Waals surface area contributed by atoms with Crippen molar-refractivity contribution in [2.75, 3.05) is 32.1 Å². The average molecular weight is 411 g/mol. The molecule has 2 amide bonds. The van der Waals surface area contributed by atoms with Crippen LogP contribution in [0.4, 0.5) is 10.5 Å². The zero-order valence-corrected chi connectivity index (χ0v) is 18.1. The van der Waals surface area contributed by atoms with Gasteiger partial charge < -0.3 is 14.7 Å². The minimum absolute atomic E-state index is 0.0689. The molecule has 1 aliphatic rings. The number of ether oxygens (including phenoxy) is 1. The maximum Gasteiger partial charge on any atom is 0.324 e. The summed E-state index contributed by atoms with van der Waals surface area (Å²) in [6, 6.07) is 14.5. The first-order chi connectivity index (χ1) is 14.2. The van der Waals surface area contributed by atoms with Crippen molar-refractivity contribution in [3.63, 3.8) is 0 Å². The van der Waals surface area contributed by atoms with Gasteiger partial charge in [-0.2, -0.15) is 0 Å². The van der Waals surface area contributed by atoms with Gasteiger partial charge in [-0.15, -0.1) is 0 Å². The van der Waals surface area contributed by atoms with Crippen LogP contribution in [0.15, 0.2) is 48.5 Å². The molecule has 1 fully saturated rings. The predicted molar refractivity (Wildman–Crippen MR) is 117 cm³/mol. The van der Waals surface area contributed by atoms with Gasteiger partial charge in [-0.25, -0.2) is 4.79 Å². The monoisotopic (exact) mass is 410 g/mol. The van der Waals surface area contributed by atoms with Crippen LogP contribution in [0.25, 0.3) is 0 Å². The Labute approximate surface area is 178 Å². The largest absolute Gasteiger partial charge is 0.497 e. The number of aliphatic hydroxyl groups is 1. The maximum absolute atomic E-state index is 12.9. The molecule has 0 atom stereocenters. The van der Waals surface area contributed by atoms with Crippen molar-refractivity contribution in [3.05, 3.63) is 59.7 Å². The number of methoxy groups -OCH3 is 1. The van der Waals surface area contributed by atoms with Gasteiger partial charge in [-0.05, 0) is 56.5 Å². The Morgan fingerprint density at radius 2 is 1.60 bits per heavy atom. The molecular formula is C24H30N2O4. The molecule has 1 saturated heterocycles. The van der Waals surface area contributed by atoms with Crippen LogP contribution in [-0.4, -0.2) is 49.1 Å². The second-order valence-electron chi connectivity index (χ2n) is 8.30. The van der Waals surface area contributed by atoms with E-state index in [1.807, 2.05) is 24.3 Å². The van der Waals surface area contributed by atoms with Gasteiger partial charge in [-0.3, -0.25) is 9.69 Å². The van der Waals surface area contributed by atoms with Gasteiger partial charge in [0.15, 0.2) is 5.78 Å². The number of rotatable bonds is 5. The Morgan fingerprint density at radius 3 is 2.10 bits per heavy atom. The van der Waals surface area contributed by atoms with E-state index in [1.165, 1.54) is 0 Å². The minimum atomic E-state index is -0.927.